The van der Waals surface area contributed by atoms with Gasteiger partial charge in [0, 0.05) is 5.69 Å². The standard InChI is InChI=1S/C11H15N3O/c1-8-4-5-9(6-12)10(13-8)14-11(2,3)7-15/h4-5,15H,7H2,1-3H3,(H,13,14). The molecule has 1 heterocycles. The lowest BCUT2D eigenvalue weighted by molar-refractivity contribution is 0.234. The van der Waals surface area contributed by atoms with Crippen molar-refractivity contribution in [3.8, 4) is 6.07 Å². The zero-order valence-corrected chi connectivity index (χ0v) is 9.20. The van der Waals surface area contributed by atoms with E-state index in [1.165, 1.54) is 0 Å². The minimum Gasteiger partial charge on any atom is -0.394 e. The number of nitrogens with zero attached hydrogens (tertiary/aromatic N) is 2. The van der Waals surface area contributed by atoms with Gasteiger partial charge >= 0.3 is 0 Å². The molecule has 0 bridgehead atoms. The molecule has 2 N–H and O–H groups in total. The predicted molar refractivity (Wildman–Crippen MR) is 58.5 cm³/mol. The molecule has 80 valence electrons. The highest BCUT2D eigenvalue weighted by atomic mass is 16.3. The summed E-state index contributed by atoms with van der Waals surface area (Å²) in [6.45, 7) is 5.53. The van der Waals surface area contributed by atoms with Crippen LogP contribution in [0.15, 0.2) is 12.1 Å². The van der Waals surface area contributed by atoms with Crippen LogP contribution in [0.2, 0.25) is 0 Å². The van der Waals surface area contributed by atoms with E-state index in [1.807, 2.05) is 20.8 Å². The molecule has 0 spiro atoms. The fourth-order valence-corrected chi connectivity index (χ4v) is 1.10. The minimum atomic E-state index is -0.480. The molecule has 0 aromatic carbocycles. The minimum absolute atomic E-state index is 0.0203. The second kappa shape index (κ2) is 4.28. The summed E-state index contributed by atoms with van der Waals surface area (Å²) < 4.78 is 0. The highest BCUT2D eigenvalue weighted by molar-refractivity contribution is 5.53. The van der Waals surface area contributed by atoms with Crippen LogP contribution >= 0.6 is 0 Å². The Hall–Kier alpha value is -1.60. The second-order valence-corrected chi connectivity index (χ2v) is 4.13. The molecule has 1 aromatic heterocycles. The van der Waals surface area contributed by atoms with Gasteiger partial charge in [0.2, 0.25) is 0 Å². The van der Waals surface area contributed by atoms with Crippen molar-refractivity contribution in [1.82, 2.24) is 4.98 Å². The maximum atomic E-state index is 9.12. The summed E-state index contributed by atoms with van der Waals surface area (Å²) in [5.41, 5.74) is 0.846. The van der Waals surface area contributed by atoms with E-state index in [9.17, 15) is 0 Å². The SMILES string of the molecule is Cc1ccc(C#N)c(NC(C)(C)CO)n1. The Balaban J connectivity index is 3.04. The van der Waals surface area contributed by atoms with Crippen molar-refractivity contribution in [2.45, 2.75) is 26.3 Å². The number of nitrogens with one attached hydrogen (secondary N) is 1. The lowest BCUT2D eigenvalue weighted by Crippen LogP contribution is -2.35. The first-order valence-corrected chi connectivity index (χ1v) is 4.75. The second-order valence-electron chi connectivity index (χ2n) is 4.13. The van der Waals surface area contributed by atoms with E-state index in [4.69, 9.17) is 10.4 Å². The smallest absolute Gasteiger partial charge is 0.144 e. The van der Waals surface area contributed by atoms with Crippen molar-refractivity contribution in [3.63, 3.8) is 0 Å². The average molecular weight is 205 g/mol. The van der Waals surface area contributed by atoms with Crippen molar-refractivity contribution < 1.29 is 5.11 Å². The maximum absolute atomic E-state index is 9.12. The molecule has 15 heavy (non-hydrogen) atoms. The quantitative estimate of drug-likeness (QED) is 0.783. The lowest BCUT2D eigenvalue weighted by Gasteiger charge is -2.24. The van der Waals surface area contributed by atoms with E-state index in [-0.39, 0.29) is 6.61 Å². The number of aliphatic hydroxyl groups excluding tert-OH is 1. The first-order valence-electron chi connectivity index (χ1n) is 4.75. The van der Waals surface area contributed by atoms with E-state index in [2.05, 4.69) is 16.4 Å². The van der Waals surface area contributed by atoms with Crippen LogP contribution in [-0.2, 0) is 0 Å². The number of anilines is 1. The van der Waals surface area contributed by atoms with Crippen LogP contribution in [0.25, 0.3) is 0 Å². The summed E-state index contributed by atoms with van der Waals surface area (Å²) in [6, 6.07) is 5.57. The number of aromatic nitrogens is 1. The molecule has 1 rings (SSSR count). The number of hydrogen-bond acceptors (Lipinski definition) is 4. The third kappa shape index (κ3) is 2.93. The fraction of sp³-hybridized carbons (Fsp3) is 0.455. The third-order valence-electron chi connectivity index (χ3n) is 2.01. The van der Waals surface area contributed by atoms with Crippen LogP contribution in [-0.4, -0.2) is 22.2 Å². The zero-order valence-electron chi connectivity index (χ0n) is 9.20. The summed E-state index contributed by atoms with van der Waals surface area (Å²) in [4.78, 5) is 4.23. The number of aryl methyl sites for hydroxylation is 1. The van der Waals surface area contributed by atoms with E-state index in [1.54, 1.807) is 12.1 Å². The average Bonchev–Trinajstić information content (AvgIpc) is 2.18. The molecule has 1 aromatic rings. The molecule has 0 aliphatic carbocycles. The van der Waals surface area contributed by atoms with Crippen molar-refractivity contribution in [2.24, 2.45) is 0 Å². The van der Waals surface area contributed by atoms with Crippen LogP contribution in [0.5, 0.6) is 0 Å². The van der Waals surface area contributed by atoms with Gasteiger partial charge in [-0.05, 0) is 32.9 Å². The highest BCUT2D eigenvalue weighted by Gasteiger charge is 2.18. The van der Waals surface area contributed by atoms with Gasteiger partial charge in [0.15, 0.2) is 0 Å². The molecule has 4 heteroatoms. The lowest BCUT2D eigenvalue weighted by atomic mass is 10.1. The van der Waals surface area contributed by atoms with Crippen LogP contribution in [0.3, 0.4) is 0 Å². The molecule has 0 unspecified atom stereocenters. The zero-order chi connectivity index (χ0) is 11.5. The fourth-order valence-electron chi connectivity index (χ4n) is 1.10. The van der Waals surface area contributed by atoms with Crippen molar-refractivity contribution in [3.05, 3.63) is 23.4 Å². The third-order valence-corrected chi connectivity index (χ3v) is 2.01. The van der Waals surface area contributed by atoms with Crippen molar-refractivity contribution in [1.29, 1.82) is 5.26 Å². The molecule has 0 aliphatic rings. The van der Waals surface area contributed by atoms with Gasteiger partial charge in [-0.25, -0.2) is 4.98 Å². The number of rotatable bonds is 3. The first-order chi connectivity index (χ1) is 6.98. The van der Waals surface area contributed by atoms with E-state index in [0.29, 0.717) is 11.4 Å². The summed E-state index contributed by atoms with van der Waals surface area (Å²) in [5, 5.41) is 21.0. The van der Waals surface area contributed by atoms with Crippen LogP contribution in [0.1, 0.15) is 25.1 Å². The summed E-state index contributed by atoms with van der Waals surface area (Å²) in [6.07, 6.45) is 0. The molecule has 0 saturated heterocycles. The van der Waals surface area contributed by atoms with Crippen LogP contribution in [0.4, 0.5) is 5.82 Å². The molecule has 4 nitrogen and oxygen atoms in total. The van der Waals surface area contributed by atoms with E-state index < -0.39 is 5.54 Å². The van der Waals surface area contributed by atoms with Gasteiger partial charge in [-0.2, -0.15) is 5.26 Å². The number of pyridine rings is 1. The Morgan fingerprint density at radius 2 is 2.20 bits per heavy atom. The normalized spacial score (nSPS) is 10.9. The largest absolute Gasteiger partial charge is 0.394 e. The molecule has 0 aliphatic heterocycles. The molecular formula is C11H15N3O. The van der Waals surface area contributed by atoms with Gasteiger partial charge in [-0.15, -0.1) is 0 Å². The first kappa shape index (κ1) is 11.5. The molecule has 0 fully saturated rings. The van der Waals surface area contributed by atoms with Crippen LogP contribution in [0, 0.1) is 18.3 Å². The molecule has 0 atom stereocenters. The predicted octanol–water partition coefficient (Wildman–Crippen LogP) is 1.44. The Morgan fingerprint density at radius 1 is 1.53 bits per heavy atom. The molecule has 0 amide bonds. The Kier molecular flexibility index (Phi) is 3.28. The Morgan fingerprint density at radius 3 is 2.73 bits per heavy atom. The monoisotopic (exact) mass is 205 g/mol. The van der Waals surface area contributed by atoms with E-state index >= 15 is 0 Å². The van der Waals surface area contributed by atoms with Crippen LogP contribution < -0.4 is 5.32 Å². The molecule has 0 radical (unpaired) electrons. The van der Waals surface area contributed by atoms with Crippen molar-refractivity contribution in [2.75, 3.05) is 11.9 Å². The van der Waals surface area contributed by atoms with E-state index in [0.717, 1.165) is 5.69 Å². The summed E-state index contributed by atoms with van der Waals surface area (Å²) in [5.74, 6) is 0.525. The number of aliphatic hydroxyl groups is 1. The van der Waals surface area contributed by atoms with Gasteiger partial charge in [0.25, 0.3) is 0 Å². The summed E-state index contributed by atoms with van der Waals surface area (Å²) >= 11 is 0. The van der Waals surface area contributed by atoms with Gasteiger partial charge in [0.05, 0.1) is 17.7 Å². The molecular weight excluding hydrogens is 190 g/mol. The van der Waals surface area contributed by atoms with Gasteiger partial charge < -0.3 is 10.4 Å². The van der Waals surface area contributed by atoms with Crippen molar-refractivity contribution >= 4 is 5.82 Å². The maximum Gasteiger partial charge on any atom is 0.144 e. The number of nitriles is 1. The topological polar surface area (TPSA) is 68.9 Å². The molecule has 0 saturated carbocycles. The highest BCUT2D eigenvalue weighted by Crippen LogP contribution is 2.17. The van der Waals surface area contributed by atoms with Gasteiger partial charge in [0.1, 0.15) is 11.9 Å². The van der Waals surface area contributed by atoms with Gasteiger partial charge in [-0.1, -0.05) is 0 Å². The summed E-state index contributed by atoms with van der Waals surface area (Å²) in [7, 11) is 0. The number of hydrogen-bond donors (Lipinski definition) is 2. The van der Waals surface area contributed by atoms with Gasteiger partial charge in [-0.3, -0.25) is 0 Å². The Bertz CT molecular complexity index is 393. The Labute approximate surface area is 89.6 Å².